The van der Waals surface area contributed by atoms with Gasteiger partial charge in [0, 0.05) is 39.3 Å². The summed E-state index contributed by atoms with van der Waals surface area (Å²) in [6.07, 6.45) is 5.35. The maximum atomic E-state index is 4.50. The highest BCUT2D eigenvalue weighted by Gasteiger charge is 2.23. The molecule has 2 saturated heterocycles. The molecule has 0 saturated carbocycles. The molecular weight excluding hydrogens is 387 g/mol. The summed E-state index contributed by atoms with van der Waals surface area (Å²) in [6.45, 7) is 12.9. The smallest absolute Gasteiger partial charge is 0.193 e. The molecule has 1 N–H and O–H groups in total. The topological polar surface area (TPSA) is 30.9 Å². The second-order valence-corrected chi connectivity index (χ2v) is 7.22. The van der Waals surface area contributed by atoms with E-state index in [1.165, 1.54) is 38.8 Å². The molecule has 130 valence electrons. The van der Waals surface area contributed by atoms with E-state index in [0.29, 0.717) is 6.04 Å². The van der Waals surface area contributed by atoms with Gasteiger partial charge in [0.2, 0.25) is 0 Å². The van der Waals surface area contributed by atoms with Crippen molar-refractivity contribution in [3.63, 3.8) is 0 Å². The quantitative estimate of drug-likeness (QED) is 0.431. The molecule has 22 heavy (non-hydrogen) atoms. The fourth-order valence-corrected chi connectivity index (χ4v) is 3.68. The Balaban J connectivity index is 0.00000242. The van der Waals surface area contributed by atoms with Crippen LogP contribution in [-0.4, -0.2) is 61.6 Å². The predicted octanol–water partition coefficient (Wildman–Crippen LogP) is 3.03. The van der Waals surface area contributed by atoms with E-state index in [1.54, 1.807) is 0 Å². The first-order chi connectivity index (χ1) is 10.1. The lowest BCUT2D eigenvalue weighted by molar-refractivity contribution is 0.140. The van der Waals surface area contributed by atoms with Gasteiger partial charge in [-0.25, -0.2) is 0 Å². The van der Waals surface area contributed by atoms with Crippen molar-refractivity contribution in [2.24, 2.45) is 16.8 Å². The van der Waals surface area contributed by atoms with Gasteiger partial charge in [0.05, 0.1) is 0 Å². The van der Waals surface area contributed by atoms with E-state index in [1.807, 2.05) is 7.05 Å². The SMILES string of the molecule is CN=C(NCC1CCCN(C(C)C)C1)N1CCCC(C)C1.I. The minimum absolute atomic E-state index is 0. The Morgan fingerprint density at radius 3 is 2.55 bits per heavy atom. The first-order valence-corrected chi connectivity index (χ1v) is 8.79. The molecule has 2 heterocycles. The monoisotopic (exact) mass is 422 g/mol. The zero-order chi connectivity index (χ0) is 15.2. The van der Waals surface area contributed by atoms with Gasteiger partial charge in [-0.2, -0.15) is 0 Å². The molecule has 0 aromatic rings. The molecule has 2 rings (SSSR count). The Kier molecular flexibility index (Phi) is 9.05. The first-order valence-electron chi connectivity index (χ1n) is 8.79. The van der Waals surface area contributed by atoms with E-state index in [9.17, 15) is 0 Å². The average molecular weight is 422 g/mol. The molecule has 0 radical (unpaired) electrons. The molecule has 0 aromatic carbocycles. The number of hydrogen-bond donors (Lipinski definition) is 1. The predicted molar refractivity (Wildman–Crippen MR) is 106 cm³/mol. The Morgan fingerprint density at radius 1 is 1.18 bits per heavy atom. The van der Waals surface area contributed by atoms with E-state index in [-0.39, 0.29) is 24.0 Å². The lowest BCUT2D eigenvalue weighted by atomic mass is 9.97. The number of halogens is 1. The standard InChI is InChI=1S/C17H34N4.HI/c1-14(2)20-9-6-8-16(13-20)11-19-17(18-4)21-10-5-7-15(3)12-21;/h14-16H,5-13H2,1-4H3,(H,18,19);1H. The highest BCUT2D eigenvalue weighted by molar-refractivity contribution is 14.0. The minimum atomic E-state index is 0. The van der Waals surface area contributed by atoms with Crippen LogP contribution in [0.15, 0.2) is 4.99 Å². The molecule has 0 aromatic heterocycles. The van der Waals surface area contributed by atoms with E-state index in [2.05, 4.69) is 40.9 Å². The molecule has 0 spiro atoms. The van der Waals surface area contributed by atoms with Crippen LogP contribution >= 0.6 is 24.0 Å². The Bertz CT molecular complexity index is 346. The summed E-state index contributed by atoms with van der Waals surface area (Å²) in [5, 5.41) is 3.64. The molecule has 0 bridgehead atoms. The van der Waals surface area contributed by atoms with Gasteiger partial charge >= 0.3 is 0 Å². The van der Waals surface area contributed by atoms with Gasteiger partial charge in [0.1, 0.15) is 0 Å². The lowest BCUT2D eigenvalue weighted by Gasteiger charge is -2.37. The van der Waals surface area contributed by atoms with E-state index in [4.69, 9.17) is 0 Å². The molecular formula is C17H35IN4. The zero-order valence-electron chi connectivity index (χ0n) is 14.8. The van der Waals surface area contributed by atoms with Crippen LogP contribution in [0, 0.1) is 11.8 Å². The fraction of sp³-hybridized carbons (Fsp3) is 0.941. The Labute approximate surface area is 154 Å². The summed E-state index contributed by atoms with van der Waals surface area (Å²) in [4.78, 5) is 9.56. The summed E-state index contributed by atoms with van der Waals surface area (Å²) < 4.78 is 0. The Hall–Kier alpha value is -0.0400. The number of likely N-dealkylation sites (tertiary alicyclic amines) is 2. The zero-order valence-corrected chi connectivity index (χ0v) is 17.2. The minimum Gasteiger partial charge on any atom is -0.356 e. The summed E-state index contributed by atoms with van der Waals surface area (Å²) >= 11 is 0. The third-order valence-electron chi connectivity index (χ3n) is 5.00. The van der Waals surface area contributed by atoms with Crippen molar-refractivity contribution in [1.29, 1.82) is 0 Å². The number of guanidine groups is 1. The number of rotatable bonds is 3. The maximum absolute atomic E-state index is 4.50. The van der Waals surface area contributed by atoms with Crippen molar-refractivity contribution >= 4 is 29.9 Å². The molecule has 0 amide bonds. The first kappa shape index (κ1) is 20.0. The molecule has 0 aliphatic carbocycles. The molecule has 2 aliphatic rings. The Morgan fingerprint density at radius 2 is 1.91 bits per heavy atom. The van der Waals surface area contributed by atoms with Crippen molar-refractivity contribution in [2.45, 2.75) is 52.5 Å². The third-order valence-corrected chi connectivity index (χ3v) is 5.00. The largest absolute Gasteiger partial charge is 0.356 e. The molecule has 2 fully saturated rings. The van der Waals surface area contributed by atoms with Gasteiger partial charge in [0.15, 0.2) is 5.96 Å². The third kappa shape index (κ3) is 5.87. The normalized spacial score (nSPS) is 27.7. The summed E-state index contributed by atoms with van der Waals surface area (Å²) in [5.41, 5.74) is 0. The number of hydrogen-bond acceptors (Lipinski definition) is 2. The van der Waals surface area contributed by atoms with Crippen LogP contribution < -0.4 is 5.32 Å². The van der Waals surface area contributed by atoms with Gasteiger partial charge in [0.25, 0.3) is 0 Å². The highest BCUT2D eigenvalue weighted by Crippen LogP contribution is 2.18. The van der Waals surface area contributed by atoms with Crippen LogP contribution in [-0.2, 0) is 0 Å². The number of piperidine rings is 2. The highest BCUT2D eigenvalue weighted by atomic mass is 127. The van der Waals surface area contributed by atoms with E-state index in [0.717, 1.165) is 37.4 Å². The molecule has 4 nitrogen and oxygen atoms in total. The van der Waals surface area contributed by atoms with Crippen LogP contribution in [0.3, 0.4) is 0 Å². The van der Waals surface area contributed by atoms with Gasteiger partial charge in [-0.3, -0.25) is 4.99 Å². The van der Waals surface area contributed by atoms with Gasteiger partial charge in [-0.15, -0.1) is 24.0 Å². The molecule has 2 unspecified atom stereocenters. The second kappa shape index (κ2) is 9.96. The van der Waals surface area contributed by atoms with E-state index < -0.39 is 0 Å². The van der Waals surface area contributed by atoms with Crippen molar-refractivity contribution in [1.82, 2.24) is 15.1 Å². The fourth-order valence-electron chi connectivity index (χ4n) is 3.68. The van der Waals surface area contributed by atoms with Crippen molar-refractivity contribution in [3.8, 4) is 0 Å². The number of nitrogens with zero attached hydrogens (tertiary/aromatic N) is 3. The van der Waals surface area contributed by atoms with Crippen molar-refractivity contribution in [3.05, 3.63) is 0 Å². The lowest BCUT2D eigenvalue weighted by Crippen LogP contribution is -2.49. The van der Waals surface area contributed by atoms with Crippen LogP contribution in [0.25, 0.3) is 0 Å². The average Bonchev–Trinajstić information content (AvgIpc) is 2.48. The number of aliphatic imine (C=N–C) groups is 1. The van der Waals surface area contributed by atoms with E-state index >= 15 is 0 Å². The van der Waals surface area contributed by atoms with Crippen LogP contribution in [0.2, 0.25) is 0 Å². The maximum Gasteiger partial charge on any atom is 0.193 e. The van der Waals surface area contributed by atoms with Gasteiger partial charge in [-0.1, -0.05) is 6.92 Å². The summed E-state index contributed by atoms with van der Waals surface area (Å²) in [6, 6.07) is 0.676. The number of nitrogens with one attached hydrogen (secondary N) is 1. The molecule has 5 heteroatoms. The van der Waals surface area contributed by atoms with Gasteiger partial charge in [-0.05, 0) is 57.9 Å². The van der Waals surface area contributed by atoms with Crippen LogP contribution in [0.1, 0.15) is 46.5 Å². The molecule has 2 aliphatic heterocycles. The summed E-state index contributed by atoms with van der Waals surface area (Å²) in [5.74, 6) is 2.67. The van der Waals surface area contributed by atoms with Crippen molar-refractivity contribution < 1.29 is 0 Å². The van der Waals surface area contributed by atoms with Crippen LogP contribution in [0.4, 0.5) is 0 Å². The molecule has 2 atom stereocenters. The van der Waals surface area contributed by atoms with Crippen molar-refractivity contribution in [2.75, 3.05) is 39.8 Å². The second-order valence-electron chi connectivity index (χ2n) is 7.22. The summed E-state index contributed by atoms with van der Waals surface area (Å²) in [7, 11) is 1.92. The van der Waals surface area contributed by atoms with Gasteiger partial charge < -0.3 is 15.1 Å². The van der Waals surface area contributed by atoms with Crippen LogP contribution in [0.5, 0.6) is 0 Å².